The van der Waals surface area contributed by atoms with Crippen molar-refractivity contribution in [3.8, 4) is 5.75 Å². The van der Waals surface area contributed by atoms with Crippen LogP contribution in [0.25, 0.3) is 6.08 Å². The molecule has 1 saturated carbocycles. The van der Waals surface area contributed by atoms with Crippen molar-refractivity contribution in [2.75, 3.05) is 7.11 Å². The number of hydrogen-bond donors (Lipinski definition) is 0. The highest BCUT2D eigenvalue weighted by Gasteiger charge is 2.32. The molecule has 1 aliphatic carbocycles. The molecule has 5 heteroatoms. The van der Waals surface area contributed by atoms with E-state index in [2.05, 4.69) is 4.99 Å². The topological polar surface area (TPSA) is 47.9 Å². The third-order valence-corrected chi connectivity index (χ3v) is 3.87. The molecule has 1 fully saturated rings. The molecule has 0 bridgehead atoms. The van der Waals surface area contributed by atoms with Crippen LogP contribution in [0.15, 0.2) is 28.9 Å². The average Bonchev–Trinajstić information content (AvgIpc) is 2.68. The predicted molar refractivity (Wildman–Crippen MR) is 76.8 cm³/mol. The second-order valence-corrected chi connectivity index (χ2v) is 5.30. The molecule has 3 rings (SSSR count). The van der Waals surface area contributed by atoms with Crippen LogP contribution < -0.4 is 4.74 Å². The molecule has 0 radical (unpaired) electrons. The second-order valence-electron chi connectivity index (χ2n) is 4.89. The van der Waals surface area contributed by atoms with Crippen molar-refractivity contribution in [3.05, 3.63) is 34.5 Å². The zero-order chi connectivity index (χ0) is 14.1. The Kier molecular flexibility index (Phi) is 3.49. The third-order valence-electron chi connectivity index (χ3n) is 3.57. The maximum absolute atomic E-state index is 11.8. The summed E-state index contributed by atoms with van der Waals surface area (Å²) in [7, 11) is 1.56. The van der Waals surface area contributed by atoms with Crippen molar-refractivity contribution < 1.29 is 14.3 Å². The van der Waals surface area contributed by atoms with E-state index in [1.54, 1.807) is 25.3 Å². The van der Waals surface area contributed by atoms with Gasteiger partial charge in [-0.15, -0.1) is 0 Å². The minimum absolute atomic E-state index is 0.310. The summed E-state index contributed by atoms with van der Waals surface area (Å²) in [6.07, 6.45) is 4.95. The molecular weight excluding hydrogens is 278 g/mol. The number of halogens is 1. The van der Waals surface area contributed by atoms with Crippen LogP contribution in [0, 0.1) is 5.92 Å². The largest absolute Gasteiger partial charge is 0.495 e. The molecule has 104 valence electrons. The third kappa shape index (κ3) is 2.43. The van der Waals surface area contributed by atoms with E-state index >= 15 is 0 Å². The summed E-state index contributed by atoms with van der Waals surface area (Å²) >= 11 is 6.06. The lowest BCUT2D eigenvalue weighted by atomic mass is 9.85. The van der Waals surface area contributed by atoms with Crippen molar-refractivity contribution in [1.29, 1.82) is 0 Å². The van der Waals surface area contributed by atoms with Crippen molar-refractivity contribution in [2.45, 2.75) is 19.3 Å². The fourth-order valence-electron chi connectivity index (χ4n) is 2.19. The molecule has 1 heterocycles. The summed E-state index contributed by atoms with van der Waals surface area (Å²) in [6, 6.07) is 5.31. The van der Waals surface area contributed by atoms with Gasteiger partial charge in [0.25, 0.3) is 0 Å². The normalized spacial score (nSPS) is 20.6. The van der Waals surface area contributed by atoms with E-state index in [0.717, 1.165) is 18.4 Å². The molecule has 1 aliphatic heterocycles. The molecule has 0 saturated heterocycles. The number of rotatable bonds is 3. The molecule has 0 N–H and O–H groups in total. The number of aliphatic imine (C=N–C) groups is 1. The molecule has 0 amide bonds. The van der Waals surface area contributed by atoms with Gasteiger partial charge in [0, 0.05) is 5.92 Å². The average molecular weight is 292 g/mol. The summed E-state index contributed by atoms with van der Waals surface area (Å²) in [4.78, 5) is 16.1. The van der Waals surface area contributed by atoms with Crippen LogP contribution in [0.5, 0.6) is 5.75 Å². The van der Waals surface area contributed by atoms with Crippen molar-refractivity contribution >= 4 is 29.5 Å². The van der Waals surface area contributed by atoms with Gasteiger partial charge < -0.3 is 9.47 Å². The zero-order valence-corrected chi connectivity index (χ0v) is 11.8. The van der Waals surface area contributed by atoms with Gasteiger partial charge in [0.15, 0.2) is 5.70 Å². The maximum Gasteiger partial charge on any atom is 0.363 e. The van der Waals surface area contributed by atoms with Gasteiger partial charge in [0.2, 0.25) is 5.90 Å². The minimum Gasteiger partial charge on any atom is -0.495 e. The predicted octanol–water partition coefficient (Wildman–Crippen LogP) is 3.44. The van der Waals surface area contributed by atoms with Crippen LogP contribution in [0.3, 0.4) is 0 Å². The molecule has 1 aromatic rings. The van der Waals surface area contributed by atoms with E-state index < -0.39 is 0 Å². The Morgan fingerprint density at radius 3 is 2.85 bits per heavy atom. The summed E-state index contributed by atoms with van der Waals surface area (Å²) < 4.78 is 10.3. The summed E-state index contributed by atoms with van der Waals surface area (Å²) in [6.45, 7) is 0. The first-order valence-corrected chi connectivity index (χ1v) is 6.91. The van der Waals surface area contributed by atoms with Crippen molar-refractivity contribution in [3.63, 3.8) is 0 Å². The van der Waals surface area contributed by atoms with Crippen LogP contribution >= 0.6 is 11.6 Å². The molecule has 0 atom stereocenters. The number of nitrogens with zero attached hydrogens (tertiary/aromatic N) is 1. The Balaban J connectivity index is 1.85. The lowest BCUT2D eigenvalue weighted by Gasteiger charge is -2.23. The highest BCUT2D eigenvalue weighted by molar-refractivity contribution is 6.32. The number of methoxy groups -OCH3 is 1. The minimum atomic E-state index is -0.390. The van der Waals surface area contributed by atoms with E-state index in [1.165, 1.54) is 6.42 Å². The summed E-state index contributed by atoms with van der Waals surface area (Å²) in [5.74, 6) is 1.08. The number of hydrogen-bond acceptors (Lipinski definition) is 4. The SMILES string of the molecule is COc1ccc(/C=C2/N=C(C3CCC3)OC2=O)cc1Cl. The van der Waals surface area contributed by atoms with E-state index in [-0.39, 0.29) is 5.97 Å². The molecule has 0 unspecified atom stereocenters. The number of esters is 1. The summed E-state index contributed by atoms with van der Waals surface area (Å²) in [5.41, 5.74) is 1.12. The molecular formula is C15H14ClNO3. The van der Waals surface area contributed by atoms with Gasteiger partial charge in [-0.2, -0.15) is 0 Å². The number of cyclic esters (lactones) is 1. The van der Waals surface area contributed by atoms with E-state index in [9.17, 15) is 4.79 Å². The quantitative estimate of drug-likeness (QED) is 0.633. The molecule has 2 aliphatic rings. The monoisotopic (exact) mass is 291 g/mol. The Bertz CT molecular complexity index is 618. The zero-order valence-electron chi connectivity index (χ0n) is 11.1. The van der Waals surface area contributed by atoms with Crippen LogP contribution in [0.2, 0.25) is 5.02 Å². The Morgan fingerprint density at radius 1 is 1.45 bits per heavy atom. The smallest absolute Gasteiger partial charge is 0.363 e. The number of benzene rings is 1. The fraction of sp³-hybridized carbons (Fsp3) is 0.333. The van der Waals surface area contributed by atoms with Gasteiger partial charge in [0.05, 0.1) is 12.1 Å². The highest BCUT2D eigenvalue weighted by Crippen LogP contribution is 2.32. The van der Waals surface area contributed by atoms with E-state index in [1.807, 2.05) is 6.07 Å². The highest BCUT2D eigenvalue weighted by atomic mass is 35.5. The van der Waals surface area contributed by atoms with E-state index in [0.29, 0.717) is 28.3 Å². The lowest BCUT2D eigenvalue weighted by Crippen LogP contribution is -2.22. The van der Waals surface area contributed by atoms with Gasteiger partial charge in [-0.05, 0) is 36.6 Å². The number of carbonyl (C=O) groups is 1. The van der Waals surface area contributed by atoms with Crippen LogP contribution in [0.1, 0.15) is 24.8 Å². The van der Waals surface area contributed by atoms with Gasteiger partial charge in [-0.3, -0.25) is 0 Å². The maximum atomic E-state index is 11.8. The van der Waals surface area contributed by atoms with Crippen molar-refractivity contribution in [1.82, 2.24) is 0 Å². The second kappa shape index (κ2) is 5.29. The first kappa shape index (κ1) is 13.2. The van der Waals surface area contributed by atoms with E-state index in [4.69, 9.17) is 21.1 Å². The molecule has 4 nitrogen and oxygen atoms in total. The molecule has 0 aromatic heterocycles. The number of ether oxygens (including phenoxy) is 2. The number of carbonyl (C=O) groups excluding carboxylic acids is 1. The Hall–Kier alpha value is -1.81. The summed E-state index contributed by atoms with van der Waals surface area (Å²) in [5, 5.41) is 0.497. The fourth-order valence-corrected chi connectivity index (χ4v) is 2.45. The van der Waals surface area contributed by atoms with Crippen LogP contribution in [-0.2, 0) is 9.53 Å². The van der Waals surface area contributed by atoms with Crippen molar-refractivity contribution in [2.24, 2.45) is 10.9 Å². The van der Waals surface area contributed by atoms with Gasteiger partial charge in [-0.25, -0.2) is 9.79 Å². The first-order chi connectivity index (χ1) is 9.67. The molecule has 20 heavy (non-hydrogen) atoms. The van der Waals surface area contributed by atoms with Gasteiger partial charge >= 0.3 is 5.97 Å². The Morgan fingerprint density at radius 2 is 2.25 bits per heavy atom. The van der Waals surface area contributed by atoms with Gasteiger partial charge in [-0.1, -0.05) is 24.1 Å². The standard InChI is InChI=1S/C15H14ClNO3/c1-19-13-6-5-9(7-11(13)16)8-12-15(18)20-14(17-12)10-3-2-4-10/h5-8,10H,2-4H2,1H3/b12-8+. The van der Waals surface area contributed by atoms with Gasteiger partial charge in [0.1, 0.15) is 5.75 Å². The van der Waals surface area contributed by atoms with Crippen LogP contribution in [0.4, 0.5) is 0 Å². The first-order valence-electron chi connectivity index (χ1n) is 6.53. The Labute approximate surface area is 122 Å². The molecule has 1 aromatic carbocycles. The van der Waals surface area contributed by atoms with Crippen LogP contribution in [-0.4, -0.2) is 19.0 Å². The molecule has 0 spiro atoms. The lowest BCUT2D eigenvalue weighted by molar-refractivity contribution is -0.130.